The van der Waals surface area contributed by atoms with Crippen molar-refractivity contribution in [2.75, 3.05) is 45.4 Å². The van der Waals surface area contributed by atoms with Gasteiger partial charge in [0.25, 0.3) is 0 Å². The fraction of sp³-hybridized carbons (Fsp3) is 0.571. The Balaban J connectivity index is 3.00. The summed E-state index contributed by atoms with van der Waals surface area (Å²) in [6, 6.07) is 5.90. The second-order valence-electron chi connectivity index (χ2n) is 4.35. The number of anilines is 1. The summed E-state index contributed by atoms with van der Waals surface area (Å²) in [5, 5.41) is 9.89. The lowest BCUT2D eigenvalue weighted by molar-refractivity contribution is 0.187. The smallest absolute Gasteiger partial charge is 0.0782 e. The highest BCUT2D eigenvalue weighted by molar-refractivity contribution is 9.10. The lowest BCUT2D eigenvalue weighted by Gasteiger charge is -2.27. The van der Waals surface area contributed by atoms with E-state index in [-0.39, 0.29) is 0 Å². The minimum absolute atomic E-state index is 0.504. The third-order valence-electron chi connectivity index (χ3n) is 2.91. The summed E-state index contributed by atoms with van der Waals surface area (Å²) in [7, 11) is 3.37. The summed E-state index contributed by atoms with van der Waals surface area (Å²) in [6.07, 6.45) is -0.504. The van der Waals surface area contributed by atoms with Crippen LogP contribution in [0.25, 0.3) is 0 Å². The number of nitrogens with zero attached hydrogens (tertiary/aromatic N) is 1. The molecule has 1 aromatic rings. The van der Waals surface area contributed by atoms with Gasteiger partial charge in [-0.15, -0.1) is 0 Å². The molecule has 0 fully saturated rings. The van der Waals surface area contributed by atoms with Gasteiger partial charge in [0.2, 0.25) is 0 Å². The Morgan fingerprint density at radius 2 is 1.79 bits per heavy atom. The highest BCUT2D eigenvalue weighted by Gasteiger charge is 2.14. The molecule has 0 saturated carbocycles. The van der Waals surface area contributed by atoms with Gasteiger partial charge in [0.05, 0.1) is 19.3 Å². The molecule has 108 valence electrons. The minimum atomic E-state index is -0.504. The fourth-order valence-corrected chi connectivity index (χ4v) is 2.25. The number of aliphatic hydroxyl groups excluding tert-OH is 1. The van der Waals surface area contributed by atoms with E-state index >= 15 is 0 Å². The van der Waals surface area contributed by atoms with E-state index in [1.807, 2.05) is 18.2 Å². The molecule has 0 bridgehead atoms. The first-order valence-electron chi connectivity index (χ1n) is 6.30. The predicted molar refractivity (Wildman–Crippen MR) is 80.7 cm³/mol. The van der Waals surface area contributed by atoms with E-state index in [4.69, 9.17) is 9.47 Å². The van der Waals surface area contributed by atoms with Gasteiger partial charge in [0.1, 0.15) is 0 Å². The molecule has 5 heteroatoms. The largest absolute Gasteiger partial charge is 0.389 e. The first kappa shape index (κ1) is 16.4. The van der Waals surface area contributed by atoms with E-state index in [1.165, 1.54) is 0 Å². The number of rotatable bonds is 8. The van der Waals surface area contributed by atoms with Crippen LogP contribution in [-0.4, -0.2) is 45.6 Å². The summed E-state index contributed by atoms with van der Waals surface area (Å²) in [5.41, 5.74) is 1.92. The molecule has 1 aromatic carbocycles. The van der Waals surface area contributed by atoms with Crippen molar-refractivity contribution in [1.29, 1.82) is 0 Å². The number of hydrogen-bond acceptors (Lipinski definition) is 4. The van der Waals surface area contributed by atoms with Crippen molar-refractivity contribution < 1.29 is 14.6 Å². The van der Waals surface area contributed by atoms with Crippen molar-refractivity contribution in [3.63, 3.8) is 0 Å². The second-order valence-corrected chi connectivity index (χ2v) is 5.27. The zero-order valence-corrected chi connectivity index (χ0v) is 13.3. The first-order chi connectivity index (χ1) is 9.10. The van der Waals surface area contributed by atoms with Gasteiger partial charge in [-0.25, -0.2) is 0 Å². The van der Waals surface area contributed by atoms with Crippen LogP contribution in [0.3, 0.4) is 0 Å². The zero-order chi connectivity index (χ0) is 14.3. The van der Waals surface area contributed by atoms with Crippen LogP contribution in [0, 0.1) is 0 Å². The quantitative estimate of drug-likeness (QED) is 0.795. The van der Waals surface area contributed by atoms with Crippen LogP contribution in [0.15, 0.2) is 22.7 Å². The molecule has 19 heavy (non-hydrogen) atoms. The maximum absolute atomic E-state index is 9.89. The number of aliphatic hydroxyl groups is 1. The molecule has 1 rings (SSSR count). The highest BCUT2D eigenvalue weighted by Crippen LogP contribution is 2.29. The van der Waals surface area contributed by atoms with Gasteiger partial charge in [0, 0.05) is 43.0 Å². The van der Waals surface area contributed by atoms with Gasteiger partial charge in [-0.3, -0.25) is 0 Å². The molecule has 0 aliphatic heterocycles. The maximum atomic E-state index is 9.89. The molecule has 4 nitrogen and oxygen atoms in total. The van der Waals surface area contributed by atoms with Crippen LogP contribution in [0.2, 0.25) is 0 Å². The number of benzene rings is 1. The molecule has 0 heterocycles. The lowest BCUT2D eigenvalue weighted by atomic mass is 10.1. The Morgan fingerprint density at radius 1 is 1.21 bits per heavy atom. The normalized spacial score (nSPS) is 12.5. The van der Waals surface area contributed by atoms with E-state index in [0.29, 0.717) is 13.2 Å². The Morgan fingerprint density at radius 3 is 2.26 bits per heavy atom. The van der Waals surface area contributed by atoms with Crippen molar-refractivity contribution >= 4 is 21.6 Å². The molecule has 0 amide bonds. The number of hydrogen-bond donors (Lipinski definition) is 1. The first-order valence-corrected chi connectivity index (χ1v) is 7.09. The summed E-state index contributed by atoms with van der Waals surface area (Å²) in [4.78, 5) is 2.17. The predicted octanol–water partition coefficient (Wildman–Crippen LogP) is 2.60. The molecule has 0 spiro atoms. The van der Waals surface area contributed by atoms with E-state index < -0.39 is 6.10 Å². The van der Waals surface area contributed by atoms with Gasteiger partial charge < -0.3 is 19.5 Å². The summed E-state index contributed by atoms with van der Waals surface area (Å²) >= 11 is 3.48. The molecule has 0 aliphatic carbocycles. The third kappa shape index (κ3) is 5.10. The minimum Gasteiger partial charge on any atom is -0.389 e. The molecular formula is C14H22BrNO3. The summed E-state index contributed by atoms with van der Waals surface area (Å²) in [5.74, 6) is 0. The average Bonchev–Trinajstić information content (AvgIpc) is 2.38. The van der Waals surface area contributed by atoms with E-state index in [2.05, 4.69) is 20.8 Å². The van der Waals surface area contributed by atoms with Gasteiger partial charge in [0.15, 0.2) is 0 Å². The van der Waals surface area contributed by atoms with Crippen molar-refractivity contribution in [2.24, 2.45) is 0 Å². The summed E-state index contributed by atoms with van der Waals surface area (Å²) in [6.45, 7) is 4.56. The van der Waals surface area contributed by atoms with Crippen LogP contribution in [-0.2, 0) is 9.47 Å². The van der Waals surface area contributed by atoms with Crippen molar-refractivity contribution in [3.8, 4) is 0 Å². The van der Waals surface area contributed by atoms with Gasteiger partial charge >= 0.3 is 0 Å². The Labute approximate surface area is 123 Å². The van der Waals surface area contributed by atoms with Crippen LogP contribution in [0.5, 0.6) is 0 Å². The fourth-order valence-electron chi connectivity index (χ4n) is 1.90. The van der Waals surface area contributed by atoms with E-state index in [0.717, 1.165) is 28.8 Å². The topological polar surface area (TPSA) is 41.9 Å². The van der Waals surface area contributed by atoms with Crippen LogP contribution in [0.1, 0.15) is 18.6 Å². The molecule has 1 N–H and O–H groups in total. The van der Waals surface area contributed by atoms with Gasteiger partial charge in [-0.2, -0.15) is 0 Å². The van der Waals surface area contributed by atoms with Crippen LogP contribution in [0.4, 0.5) is 5.69 Å². The molecule has 0 saturated heterocycles. The molecule has 0 aromatic heterocycles. The average molecular weight is 332 g/mol. The maximum Gasteiger partial charge on any atom is 0.0782 e. The third-order valence-corrected chi connectivity index (χ3v) is 3.41. The Bertz CT molecular complexity index is 377. The Hall–Kier alpha value is -0.620. The summed E-state index contributed by atoms with van der Waals surface area (Å²) < 4.78 is 11.3. The van der Waals surface area contributed by atoms with E-state index in [1.54, 1.807) is 21.1 Å². The van der Waals surface area contributed by atoms with Gasteiger partial charge in [-0.1, -0.05) is 22.0 Å². The second kappa shape index (κ2) is 8.53. The molecule has 1 unspecified atom stereocenters. The van der Waals surface area contributed by atoms with Crippen LogP contribution < -0.4 is 4.90 Å². The van der Waals surface area contributed by atoms with Crippen molar-refractivity contribution in [2.45, 2.75) is 13.0 Å². The van der Waals surface area contributed by atoms with Gasteiger partial charge in [-0.05, 0) is 19.1 Å². The van der Waals surface area contributed by atoms with E-state index in [9.17, 15) is 5.11 Å². The zero-order valence-electron chi connectivity index (χ0n) is 11.7. The van der Waals surface area contributed by atoms with Crippen LogP contribution >= 0.6 is 15.9 Å². The SMILES string of the molecule is COCCN(CCOC)c1cc(Br)ccc1C(C)O. The standard InChI is InChI=1S/C14H22BrNO3/c1-11(17)13-5-4-12(15)10-14(13)16(6-8-18-2)7-9-19-3/h4-5,10-11,17H,6-9H2,1-3H3. The highest BCUT2D eigenvalue weighted by atomic mass is 79.9. The lowest BCUT2D eigenvalue weighted by Crippen LogP contribution is -2.31. The molecular weight excluding hydrogens is 310 g/mol. The number of halogens is 1. The number of methoxy groups -OCH3 is 2. The number of ether oxygens (including phenoxy) is 2. The molecule has 0 aliphatic rings. The monoisotopic (exact) mass is 331 g/mol. The Kier molecular flexibility index (Phi) is 7.38. The van der Waals surface area contributed by atoms with Crippen molar-refractivity contribution in [1.82, 2.24) is 0 Å². The van der Waals surface area contributed by atoms with Crippen molar-refractivity contribution in [3.05, 3.63) is 28.2 Å². The molecule has 0 radical (unpaired) electrons. The molecule has 1 atom stereocenters.